The first-order valence-corrected chi connectivity index (χ1v) is 9.43. The highest BCUT2D eigenvalue weighted by atomic mass is 35.5. The first kappa shape index (κ1) is 13.8. The van der Waals surface area contributed by atoms with Gasteiger partial charge in [-0.15, -0.1) is 0 Å². The van der Waals surface area contributed by atoms with Gasteiger partial charge in [0, 0.05) is 0 Å². The Morgan fingerprint density at radius 2 is 1.60 bits per heavy atom. The zero-order valence-electron chi connectivity index (χ0n) is 8.50. The summed E-state index contributed by atoms with van der Waals surface area (Å²) in [5.74, 6) is 0. The van der Waals surface area contributed by atoms with E-state index in [2.05, 4.69) is 0 Å². The molecule has 1 aromatic rings. The van der Waals surface area contributed by atoms with Crippen molar-refractivity contribution in [2.45, 2.75) is 13.1 Å². The highest BCUT2D eigenvalue weighted by Crippen LogP contribution is 2.35. The van der Waals surface area contributed by atoms with Crippen LogP contribution in [0.15, 0.2) is 6.07 Å². The van der Waals surface area contributed by atoms with Gasteiger partial charge in [0.1, 0.15) is 10.5 Å². The molecule has 1 rings (SSSR count). The summed E-state index contributed by atoms with van der Waals surface area (Å²) in [5.41, 5.74) is 0. The highest BCUT2D eigenvalue weighted by Gasteiger charge is 2.28. The SMILES string of the molecule is C[Si](C)(O[SiH3])c1cc(Cl)c(Cl)c(Cl)c1Cl. The van der Waals surface area contributed by atoms with Gasteiger partial charge in [0.05, 0.1) is 20.1 Å². The molecule has 0 unspecified atom stereocenters. The second-order valence-electron chi connectivity index (χ2n) is 3.56. The number of rotatable bonds is 2. The van der Waals surface area contributed by atoms with Gasteiger partial charge in [0.2, 0.25) is 8.32 Å². The Kier molecular flexibility index (Phi) is 4.57. The van der Waals surface area contributed by atoms with Gasteiger partial charge in [-0.1, -0.05) is 46.4 Å². The van der Waals surface area contributed by atoms with Crippen molar-refractivity contribution < 1.29 is 4.12 Å². The largest absolute Gasteiger partial charge is 0.460 e. The van der Waals surface area contributed by atoms with Crippen molar-refractivity contribution in [3.63, 3.8) is 0 Å². The minimum Gasteiger partial charge on any atom is -0.460 e. The van der Waals surface area contributed by atoms with Crippen LogP contribution in [0.5, 0.6) is 0 Å². The molecule has 0 aromatic heterocycles. The van der Waals surface area contributed by atoms with E-state index in [1.54, 1.807) is 6.07 Å². The molecule has 0 heterocycles. The van der Waals surface area contributed by atoms with E-state index in [-0.39, 0.29) is 0 Å². The summed E-state index contributed by atoms with van der Waals surface area (Å²) in [6.07, 6.45) is 0. The normalized spacial score (nSPS) is 12.1. The smallest absolute Gasteiger partial charge is 0.206 e. The van der Waals surface area contributed by atoms with Crippen LogP contribution in [-0.2, 0) is 4.12 Å². The molecule has 7 heteroatoms. The van der Waals surface area contributed by atoms with Crippen LogP contribution in [0.1, 0.15) is 0 Å². The van der Waals surface area contributed by atoms with Crippen LogP contribution in [0.2, 0.25) is 33.2 Å². The Bertz CT molecular complexity index is 395. The van der Waals surface area contributed by atoms with Crippen LogP contribution in [0, 0.1) is 0 Å². The first-order valence-electron chi connectivity index (χ1n) is 4.20. The van der Waals surface area contributed by atoms with Crippen molar-refractivity contribution in [2.24, 2.45) is 0 Å². The maximum absolute atomic E-state index is 6.13. The lowest BCUT2D eigenvalue weighted by Crippen LogP contribution is -2.45. The lowest BCUT2D eigenvalue weighted by Gasteiger charge is -2.23. The lowest BCUT2D eigenvalue weighted by atomic mass is 10.3. The van der Waals surface area contributed by atoms with E-state index in [4.69, 9.17) is 50.5 Å². The highest BCUT2D eigenvalue weighted by molar-refractivity contribution is 6.88. The summed E-state index contributed by atoms with van der Waals surface area (Å²) in [6, 6.07) is 1.75. The molecule has 0 spiro atoms. The van der Waals surface area contributed by atoms with E-state index in [1.807, 2.05) is 13.1 Å². The Balaban J connectivity index is 3.45. The fraction of sp³-hybridized carbons (Fsp3) is 0.250. The molecule has 0 aliphatic rings. The fourth-order valence-electron chi connectivity index (χ4n) is 1.12. The molecule has 0 bridgehead atoms. The molecule has 1 aromatic carbocycles. The monoisotopic (exact) mass is 318 g/mol. The quantitative estimate of drug-likeness (QED) is 0.462. The molecule has 84 valence electrons. The molecule has 15 heavy (non-hydrogen) atoms. The maximum atomic E-state index is 6.13. The first-order chi connectivity index (χ1) is 6.81. The number of hydrogen-bond donors (Lipinski definition) is 0. The predicted octanol–water partition coefficient (Wildman–Crippen LogP) is 3.01. The summed E-state index contributed by atoms with van der Waals surface area (Å²) >= 11 is 23.9. The fourth-order valence-corrected chi connectivity index (χ4v) is 4.80. The maximum Gasteiger partial charge on any atom is 0.206 e. The standard InChI is InChI=1S/C8H10Cl4OSi2/c1-15(2,13-14)5-3-4(9)6(10)8(12)7(5)11/h3H,1-2,14H3. The van der Waals surface area contributed by atoms with Crippen LogP contribution in [0.4, 0.5) is 0 Å². The molecule has 0 aliphatic heterocycles. The molecule has 0 N–H and O–H groups in total. The number of benzene rings is 1. The van der Waals surface area contributed by atoms with Gasteiger partial charge >= 0.3 is 0 Å². The molecule has 0 amide bonds. The third-order valence-electron chi connectivity index (χ3n) is 2.26. The summed E-state index contributed by atoms with van der Waals surface area (Å²) in [7, 11) is -1.32. The van der Waals surface area contributed by atoms with Gasteiger partial charge in [-0.3, -0.25) is 0 Å². The summed E-state index contributed by atoms with van der Waals surface area (Å²) < 4.78 is 5.59. The van der Waals surface area contributed by atoms with Crippen LogP contribution >= 0.6 is 46.4 Å². The van der Waals surface area contributed by atoms with Gasteiger partial charge in [-0.25, -0.2) is 0 Å². The molecule has 0 radical (unpaired) electrons. The average molecular weight is 320 g/mol. The predicted molar refractivity (Wildman–Crippen MR) is 74.6 cm³/mol. The Labute approximate surface area is 113 Å². The van der Waals surface area contributed by atoms with E-state index in [1.165, 1.54) is 0 Å². The van der Waals surface area contributed by atoms with Gasteiger partial charge in [0.15, 0.2) is 0 Å². The molecular formula is C8H10Cl4OSi2. The Hall–Kier alpha value is 0.774. The summed E-state index contributed by atoms with van der Waals surface area (Å²) in [5, 5.41) is 2.36. The van der Waals surface area contributed by atoms with E-state index in [0.717, 1.165) is 5.19 Å². The summed E-state index contributed by atoms with van der Waals surface area (Å²) in [4.78, 5) is 0. The molecule has 1 nitrogen and oxygen atoms in total. The minimum absolute atomic E-state index is 0.297. The van der Waals surface area contributed by atoms with Crippen molar-refractivity contribution in [3.05, 3.63) is 26.2 Å². The van der Waals surface area contributed by atoms with Crippen LogP contribution < -0.4 is 5.19 Å². The zero-order valence-corrected chi connectivity index (χ0v) is 14.5. The second-order valence-corrected chi connectivity index (χ2v) is 10.3. The second kappa shape index (κ2) is 4.96. The van der Waals surface area contributed by atoms with Crippen molar-refractivity contribution in [3.8, 4) is 0 Å². The van der Waals surface area contributed by atoms with Crippen LogP contribution in [-0.4, -0.2) is 18.8 Å². The van der Waals surface area contributed by atoms with Crippen molar-refractivity contribution in [1.82, 2.24) is 0 Å². The molecule has 0 saturated carbocycles. The molecular weight excluding hydrogens is 310 g/mol. The van der Waals surface area contributed by atoms with Crippen molar-refractivity contribution in [2.75, 3.05) is 0 Å². The Morgan fingerprint density at radius 1 is 1.07 bits per heavy atom. The lowest BCUT2D eigenvalue weighted by molar-refractivity contribution is 0.628. The van der Waals surface area contributed by atoms with Crippen molar-refractivity contribution >= 4 is 70.4 Å². The molecule has 0 fully saturated rings. The number of halogens is 4. The molecule has 0 atom stereocenters. The average Bonchev–Trinajstić information content (AvgIpc) is 2.20. The Morgan fingerprint density at radius 3 is 2.07 bits per heavy atom. The van der Waals surface area contributed by atoms with Gasteiger partial charge in [-0.2, -0.15) is 0 Å². The van der Waals surface area contributed by atoms with E-state index < -0.39 is 8.32 Å². The molecule has 0 saturated heterocycles. The third-order valence-corrected chi connectivity index (χ3v) is 9.95. The summed E-state index contributed by atoms with van der Waals surface area (Å²) in [6.45, 7) is 4.09. The van der Waals surface area contributed by atoms with E-state index in [0.29, 0.717) is 30.6 Å². The van der Waals surface area contributed by atoms with Crippen LogP contribution in [0.3, 0.4) is 0 Å². The van der Waals surface area contributed by atoms with Crippen molar-refractivity contribution in [1.29, 1.82) is 0 Å². The van der Waals surface area contributed by atoms with Gasteiger partial charge < -0.3 is 4.12 Å². The van der Waals surface area contributed by atoms with Crippen LogP contribution in [0.25, 0.3) is 0 Å². The zero-order chi connectivity index (χ0) is 11.8. The number of hydrogen-bond acceptors (Lipinski definition) is 1. The van der Waals surface area contributed by atoms with Gasteiger partial charge in [0.25, 0.3) is 0 Å². The third kappa shape index (κ3) is 2.72. The molecule has 0 aliphatic carbocycles. The van der Waals surface area contributed by atoms with E-state index in [9.17, 15) is 0 Å². The van der Waals surface area contributed by atoms with E-state index >= 15 is 0 Å². The topological polar surface area (TPSA) is 9.23 Å². The minimum atomic E-state index is -1.98. The van der Waals surface area contributed by atoms with Gasteiger partial charge in [-0.05, 0) is 24.3 Å².